The maximum Gasteiger partial charge on any atom is 0.328 e. The average molecular weight is 426 g/mol. The van der Waals surface area contributed by atoms with Crippen LogP contribution in [0.5, 0.6) is 0 Å². The molecule has 0 spiro atoms. The summed E-state index contributed by atoms with van der Waals surface area (Å²) in [6.45, 7) is 1.69. The van der Waals surface area contributed by atoms with Crippen LogP contribution in [-0.4, -0.2) is 34.7 Å². The van der Waals surface area contributed by atoms with Crippen molar-refractivity contribution in [2.45, 2.75) is 129 Å². The molecule has 0 aliphatic heterocycles. The van der Waals surface area contributed by atoms with Gasteiger partial charge in [-0.2, -0.15) is 0 Å². The fourth-order valence-corrected chi connectivity index (χ4v) is 3.52. The zero-order valence-electron chi connectivity index (χ0n) is 19.4. The summed E-state index contributed by atoms with van der Waals surface area (Å²) in [5.74, 6) is -1.49. The smallest absolute Gasteiger partial charge is 0.328 e. The predicted octanol–water partition coefficient (Wildman–Crippen LogP) is 6.15. The minimum Gasteiger partial charge on any atom is -0.480 e. The second kappa shape index (κ2) is 22.3. The molecule has 0 saturated carbocycles. The fraction of sp³-hybridized carbons (Fsp3) is 0.840. The molecule has 0 heterocycles. The zero-order valence-corrected chi connectivity index (χ0v) is 19.4. The largest absolute Gasteiger partial charge is 0.480 e. The Kier molecular flexibility index (Phi) is 21.3. The van der Waals surface area contributed by atoms with E-state index in [1.54, 1.807) is 0 Å². The fourth-order valence-electron chi connectivity index (χ4n) is 3.52. The molecule has 176 valence electrons. The van der Waals surface area contributed by atoms with Crippen molar-refractivity contribution in [1.29, 1.82) is 0 Å². The third-order valence-corrected chi connectivity index (χ3v) is 5.48. The summed E-state index contributed by atoms with van der Waals surface area (Å²) in [4.78, 5) is 22.3. The molecule has 0 rings (SSSR count). The Balaban J connectivity index is 3.28. The first kappa shape index (κ1) is 28.6. The van der Waals surface area contributed by atoms with Gasteiger partial charge in [0.25, 0.3) is 0 Å². The van der Waals surface area contributed by atoms with Crippen molar-refractivity contribution in [3.8, 4) is 0 Å². The summed E-state index contributed by atoms with van der Waals surface area (Å²) in [7, 11) is 0. The van der Waals surface area contributed by atoms with E-state index in [-0.39, 0.29) is 5.91 Å². The Morgan fingerprint density at radius 1 is 0.733 bits per heavy atom. The molecule has 0 saturated heterocycles. The third kappa shape index (κ3) is 19.9. The van der Waals surface area contributed by atoms with Crippen LogP contribution in [-0.2, 0) is 9.59 Å². The standard InChI is InChI=1S/C25H47NO4/c1-2-3-4-5-6-7-8-9-10-11-12-13-14-15-16-17-18-19-20-21-24(28)26-23(22-27)25(29)30/h9-10,23,27H,2-8,11-22H2,1H3,(H,26,28)(H,29,30)/b10-9-/t23-/m0/s1. The number of aliphatic carboxylic acids is 1. The van der Waals surface area contributed by atoms with E-state index >= 15 is 0 Å². The number of rotatable bonds is 22. The summed E-state index contributed by atoms with van der Waals surface area (Å²) in [6, 6.07) is -1.19. The van der Waals surface area contributed by atoms with Gasteiger partial charge in [-0.3, -0.25) is 4.79 Å². The molecule has 0 bridgehead atoms. The minimum atomic E-state index is -1.20. The molecule has 0 aromatic carbocycles. The molecule has 3 N–H and O–H groups in total. The second-order valence-electron chi connectivity index (χ2n) is 8.39. The molecule has 0 aromatic heterocycles. The first-order chi connectivity index (χ1) is 14.6. The average Bonchev–Trinajstić information content (AvgIpc) is 2.73. The molecule has 0 aromatic rings. The minimum absolute atomic E-state index is 0.294. The molecule has 30 heavy (non-hydrogen) atoms. The lowest BCUT2D eigenvalue weighted by atomic mass is 10.1. The van der Waals surface area contributed by atoms with Crippen LogP contribution in [0.15, 0.2) is 12.2 Å². The van der Waals surface area contributed by atoms with E-state index in [0.717, 1.165) is 19.3 Å². The quantitative estimate of drug-likeness (QED) is 0.143. The number of carboxylic acids is 1. The number of aliphatic hydroxyl groups excluding tert-OH is 1. The highest BCUT2D eigenvalue weighted by Crippen LogP contribution is 2.12. The van der Waals surface area contributed by atoms with Crippen LogP contribution in [0.3, 0.4) is 0 Å². The van der Waals surface area contributed by atoms with Gasteiger partial charge in [0.2, 0.25) is 5.91 Å². The van der Waals surface area contributed by atoms with Gasteiger partial charge in [0.1, 0.15) is 6.04 Å². The van der Waals surface area contributed by atoms with E-state index < -0.39 is 18.6 Å². The Bertz CT molecular complexity index is 437. The van der Waals surface area contributed by atoms with Gasteiger partial charge in [-0.15, -0.1) is 0 Å². The number of hydrogen-bond acceptors (Lipinski definition) is 3. The summed E-state index contributed by atoms with van der Waals surface area (Å²) in [5, 5.41) is 20.0. The van der Waals surface area contributed by atoms with E-state index in [0.29, 0.717) is 6.42 Å². The van der Waals surface area contributed by atoms with Crippen molar-refractivity contribution < 1.29 is 19.8 Å². The molecule has 0 aliphatic carbocycles. The summed E-state index contributed by atoms with van der Waals surface area (Å²) in [5.41, 5.74) is 0. The van der Waals surface area contributed by atoms with Gasteiger partial charge in [0.15, 0.2) is 0 Å². The number of allylic oxidation sites excluding steroid dienone is 2. The summed E-state index contributed by atoms with van der Waals surface area (Å²) >= 11 is 0. The Morgan fingerprint density at radius 3 is 1.60 bits per heavy atom. The van der Waals surface area contributed by atoms with Crippen LogP contribution in [0.1, 0.15) is 122 Å². The topological polar surface area (TPSA) is 86.6 Å². The monoisotopic (exact) mass is 425 g/mol. The maximum atomic E-state index is 11.6. The van der Waals surface area contributed by atoms with Crippen LogP contribution >= 0.6 is 0 Å². The lowest BCUT2D eigenvalue weighted by Crippen LogP contribution is -2.43. The van der Waals surface area contributed by atoms with Gasteiger partial charge in [-0.1, -0.05) is 96.1 Å². The third-order valence-electron chi connectivity index (χ3n) is 5.48. The van der Waals surface area contributed by atoms with E-state index in [1.165, 1.54) is 89.9 Å². The highest BCUT2D eigenvalue weighted by molar-refractivity contribution is 5.83. The lowest BCUT2D eigenvalue weighted by Gasteiger charge is -2.11. The molecule has 5 heteroatoms. The predicted molar refractivity (Wildman–Crippen MR) is 125 cm³/mol. The normalized spacial score (nSPS) is 12.3. The molecule has 0 aliphatic rings. The number of carbonyl (C=O) groups is 2. The van der Waals surface area contributed by atoms with Crippen LogP contribution in [0, 0.1) is 0 Å². The lowest BCUT2D eigenvalue weighted by molar-refractivity contribution is -0.142. The first-order valence-electron chi connectivity index (χ1n) is 12.4. The van der Waals surface area contributed by atoms with Crippen molar-refractivity contribution in [2.24, 2.45) is 0 Å². The molecule has 0 fully saturated rings. The number of carbonyl (C=O) groups excluding carboxylic acids is 1. The van der Waals surface area contributed by atoms with Gasteiger partial charge in [-0.25, -0.2) is 4.79 Å². The maximum absolute atomic E-state index is 11.6. The highest BCUT2D eigenvalue weighted by Gasteiger charge is 2.17. The molecule has 1 atom stereocenters. The van der Waals surface area contributed by atoms with Gasteiger partial charge in [-0.05, 0) is 32.1 Å². The number of carboxylic acid groups (broad SMARTS) is 1. The molecule has 5 nitrogen and oxygen atoms in total. The van der Waals surface area contributed by atoms with E-state index in [9.17, 15) is 9.59 Å². The second-order valence-corrected chi connectivity index (χ2v) is 8.39. The van der Waals surface area contributed by atoms with Gasteiger partial charge >= 0.3 is 5.97 Å². The number of aliphatic hydroxyl groups is 1. The van der Waals surface area contributed by atoms with Crippen molar-refractivity contribution in [3.05, 3.63) is 12.2 Å². The Morgan fingerprint density at radius 2 is 1.17 bits per heavy atom. The molecular formula is C25H47NO4. The number of amides is 1. The highest BCUT2D eigenvalue weighted by atomic mass is 16.4. The number of hydrogen-bond donors (Lipinski definition) is 3. The van der Waals surface area contributed by atoms with E-state index in [1.807, 2.05) is 0 Å². The van der Waals surface area contributed by atoms with Crippen molar-refractivity contribution in [3.63, 3.8) is 0 Å². The summed E-state index contributed by atoms with van der Waals surface area (Å²) < 4.78 is 0. The molecule has 0 radical (unpaired) electrons. The van der Waals surface area contributed by atoms with Crippen LogP contribution in [0.4, 0.5) is 0 Å². The van der Waals surface area contributed by atoms with Crippen molar-refractivity contribution in [2.75, 3.05) is 6.61 Å². The zero-order chi connectivity index (χ0) is 22.3. The molecule has 0 unspecified atom stereocenters. The van der Waals surface area contributed by atoms with E-state index in [2.05, 4.69) is 24.4 Å². The Labute approximate surface area is 184 Å². The molecule has 1 amide bonds. The first-order valence-corrected chi connectivity index (χ1v) is 12.4. The van der Waals surface area contributed by atoms with Gasteiger partial charge in [0.05, 0.1) is 6.61 Å². The van der Waals surface area contributed by atoms with Crippen molar-refractivity contribution in [1.82, 2.24) is 5.32 Å². The molecular weight excluding hydrogens is 378 g/mol. The van der Waals surface area contributed by atoms with E-state index in [4.69, 9.17) is 10.2 Å². The summed E-state index contributed by atoms with van der Waals surface area (Å²) in [6.07, 6.45) is 26.3. The van der Waals surface area contributed by atoms with Crippen LogP contribution in [0.25, 0.3) is 0 Å². The number of nitrogens with one attached hydrogen (secondary N) is 1. The SMILES string of the molecule is CCCCCCCC/C=C\CCCCCCCCCCCC(=O)N[C@@H](CO)C(=O)O. The number of unbranched alkanes of at least 4 members (excludes halogenated alkanes) is 15. The van der Waals surface area contributed by atoms with Crippen LogP contribution in [0.2, 0.25) is 0 Å². The van der Waals surface area contributed by atoms with Crippen LogP contribution < -0.4 is 5.32 Å². The van der Waals surface area contributed by atoms with Crippen molar-refractivity contribution >= 4 is 11.9 Å². The van der Waals surface area contributed by atoms with Gasteiger partial charge in [0, 0.05) is 6.42 Å². The Hall–Kier alpha value is -1.36. The van der Waals surface area contributed by atoms with Gasteiger partial charge < -0.3 is 15.5 Å².